The average molecular weight is 271 g/mol. The maximum Gasteiger partial charge on any atom is 0.160 e. The maximum absolute atomic E-state index is 5.93. The zero-order valence-electron chi connectivity index (χ0n) is 7.27. The molecule has 14 heavy (non-hydrogen) atoms. The Morgan fingerprint density at radius 3 is 2.50 bits per heavy atom. The van der Waals surface area contributed by atoms with Crippen LogP contribution in [0.3, 0.4) is 0 Å². The van der Waals surface area contributed by atoms with Gasteiger partial charge in [-0.05, 0) is 18.6 Å². The molecule has 0 aliphatic carbocycles. The van der Waals surface area contributed by atoms with Gasteiger partial charge in [-0.1, -0.05) is 58.5 Å². The first-order valence-corrected chi connectivity index (χ1v) is 5.42. The molecule has 0 spiro atoms. The van der Waals surface area contributed by atoms with Gasteiger partial charge in [0.1, 0.15) is 5.17 Å². The van der Waals surface area contributed by atoms with Gasteiger partial charge < -0.3 is 0 Å². The standard InChI is InChI=1S/C9H7Cl4N/c1-5-3-2-4-6(10)7(5)14-9(13)8(11)12/h2-4,8H,1H3. The van der Waals surface area contributed by atoms with E-state index in [9.17, 15) is 0 Å². The van der Waals surface area contributed by atoms with E-state index < -0.39 is 4.84 Å². The predicted octanol–water partition coefficient (Wildman–Crippen LogP) is 4.72. The highest BCUT2D eigenvalue weighted by molar-refractivity contribution is 6.77. The van der Waals surface area contributed by atoms with Gasteiger partial charge in [-0.15, -0.1) is 0 Å². The van der Waals surface area contributed by atoms with E-state index >= 15 is 0 Å². The molecule has 0 fully saturated rings. The lowest BCUT2D eigenvalue weighted by Gasteiger charge is -2.04. The van der Waals surface area contributed by atoms with Gasteiger partial charge in [0.15, 0.2) is 4.84 Å². The third-order valence-corrected chi connectivity index (χ3v) is 2.83. The van der Waals surface area contributed by atoms with Crippen LogP contribution in [0.5, 0.6) is 0 Å². The highest BCUT2D eigenvalue weighted by Crippen LogP contribution is 2.29. The van der Waals surface area contributed by atoms with E-state index in [4.69, 9.17) is 46.4 Å². The normalized spacial score (nSPS) is 12.3. The molecule has 0 atom stereocenters. The summed E-state index contributed by atoms with van der Waals surface area (Å²) in [7, 11) is 0. The van der Waals surface area contributed by atoms with E-state index in [0.29, 0.717) is 10.7 Å². The van der Waals surface area contributed by atoms with Crippen LogP contribution in [-0.2, 0) is 0 Å². The molecule has 76 valence electrons. The molecule has 0 unspecified atom stereocenters. The third-order valence-electron chi connectivity index (χ3n) is 1.59. The van der Waals surface area contributed by atoms with Gasteiger partial charge in [-0.2, -0.15) is 0 Å². The van der Waals surface area contributed by atoms with Crippen molar-refractivity contribution in [3.63, 3.8) is 0 Å². The van der Waals surface area contributed by atoms with E-state index in [1.165, 1.54) is 0 Å². The van der Waals surface area contributed by atoms with Crippen molar-refractivity contribution in [2.24, 2.45) is 4.99 Å². The Balaban J connectivity index is 3.14. The van der Waals surface area contributed by atoms with Crippen LogP contribution in [0, 0.1) is 6.92 Å². The predicted molar refractivity (Wildman–Crippen MR) is 64.6 cm³/mol. The fourth-order valence-electron chi connectivity index (χ4n) is 0.920. The van der Waals surface area contributed by atoms with Crippen LogP contribution in [0.15, 0.2) is 23.2 Å². The maximum atomic E-state index is 5.93. The molecule has 0 N–H and O–H groups in total. The average Bonchev–Trinajstić information content (AvgIpc) is 2.11. The van der Waals surface area contributed by atoms with E-state index in [2.05, 4.69) is 4.99 Å². The Morgan fingerprint density at radius 2 is 2.00 bits per heavy atom. The molecule has 0 saturated heterocycles. The topological polar surface area (TPSA) is 12.4 Å². The molecule has 0 aliphatic rings. The SMILES string of the molecule is Cc1cccc(Cl)c1N=C(Cl)C(Cl)Cl. The molecular formula is C9H7Cl4N. The van der Waals surface area contributed by atoms with Gasteiger partial charge in [-0.3, -0.25) is 0 Å². The van der Waals surface area contributed by atoms with Gasteiger partial charge in [0.05, 0.1) is 10.7 Å². The van der Waals surface area contributed by atoms with Crippen LogP contribution in [0.2, 0.25) is 5.02 Å². The summed E-state index contributed by atoms with van der Waals surface area (Å²) in [5.41, 5.74) is 1.52. The first-order valence-electron chi connectivity index (χ1n) is 3.79. The van der Waals surface area contributed by atoms with Crippen molar-refractivity contribution in [3.8, 4) is 0 Å². The number of halogens is 4. The Bertz CT molecular complexity index is 340. The lowest BCUT2D eigenvalue weighted by molar-refractivity contribution is 1.39. The summed E-state index contributed by atoms with van der Waals surface area (Å²) in [6.45, 7) is 1.88. The molecule has 1 rings (SSSR count). The molecule has 0 heterocycles. The van der Waals surface area contributed by atoms with Crippen molar-refractivity contribution >= 4 is 57.3 Å². The van der Waals surface area contributed by atoms with E-state index in [0.717, 1.165) is 5.56 Å². The van der Waals surface area contributed by atoms with E-state index in [1.807, 2.05) is 19.1 Å². The van der Waals surface area contributed by atoms with Crippen molar-refractivity contribution in [2.75, 3.05) is 0 Å². The summed E-state index contributed by atoms with van der Waals surface area (Å²) in [5.74, 6) is 0. The van der Waals surface area contributed by atoms with E-state index in [1.54, 1.807) is 6.07 Å². The van der Waals surface area contributed by atoms with Gasteiger partial charge >= 0.3 is 0 Å². The summed E-state index contributed by atoms with van der Waals surface area (Å²) in [5, 5.41) is 0.640. The highest BCUT2D eigenvalue weighted by atomic mass is 35.5. The first-order chi connectivity index (χ1) is 6.52. The summed E-state index contributed by atoms with van der Waals surface area (Å²) in [4.78, 5) is 3.22. The van der Waals surface area contributed by atoms with Gasteiger partial charge in [0, 0.05) is 0 Å². The van der Waals surface area contributed by atoms with Crippen molar-refractivity contribution < 1.29 is 0 Å². The number of nitrogens with zero attached hydrogens (tertiary/aromatic N) is 1. The number of aliphatic imine (C=N–C) groups is 1. The number of hydrogen-bond acceptors (Lipinski definition) is 1. The monoisotopic (exact) mass is 269 g/mol. The summed E-state index contributed by atoms with van der Waals surface area (Å²) in [6.07, 6.45) is 0. The van der Waals surface area contributed by atoms with E-state index in [-0.39, 0.29) is 5.17 Å². The van der Waals surface area contributed by atoms with Crippen LogP contribution < -0.4 is 0 Å². The quantitative estimate of drug-likeness (QED) is 0.545. The fraction of sp³-hybridized carbons (Fsp3) is 0.222. The zero-order chi connectivity index (χ0) is 10.7. The van der Waals surface area contributed by atoms with Crippen LogP contribution >= 0.6 is 46.4 Å². The minimum absolute atomic E-state index is 0.115. The molecule has 0 saturated carbocycles. The smallest absolute Gasteiger partial charge is 0.160 e. The van der Waals surface area contributed by atoms with Crippen molar-refractivity contribution in [1.29, 1.82) is 0 Å². The number of alkyl halides is 2. The molecule has 5 heteroatoms. The number of aryl methyl sites for hydroxylation is 1. The van der Waals surface area contributed by atoms with Gasteiger partial charge in [0.2, 0.25) is 0 Å². The number of benzene rings is 1. The number of rotatable bonds is 2. The van der Waals surface area contributed by atoms with Crippen LogP contribution in [0.25, 0.3) is 0 Å². The summed E-state index contributed by atoms with van der Waals surface area (Å²) >= 11 is 22.7. The number of para-hydroxylation sites is 1. The third kappa shape index (κ3) is 3.03. The molecule has 1 nitrogen and oxygen atoms in total. The summed E-state index contributed by atoms with van der Waals surface area (Å²) in [6, 6.07) is 5.45. The van der Waals surface area contributed by atoms with Crippen LogP contribution in [0.4, 0.5) is 5.69 Å². The molecule has 1 aromatic carbocycles. The second-order valence-corrected chi connectivity index (χ2v) is 4.53. The Morgan fingerprint density at radius 1 is 1.36 bits per heavy atom. The minimum Gasteiger partial charge on any atom is -0.236 e. The largest absolute Gasteiger partial charge is 0.236 e. The van der Waals surface area contributed by atoms with Crippen molar-refractivity contribution in [1.82, 2.24) is 0 Å². The molecular weight excluding hydrogens is 264 g/mol. The second kappa shape index (κ2) is 5.22. The minimum atomic E-state index is -0.827. The van der Waals surface area contributed by atoms with Crippen LogP contribution in [0.1, 0.15) is 5.56 Å². The zero-order valence-corrected chi connectivity index (χ0v) is 10.3. The lowest BCUT2D eigenvalue weighted by atomic mass is 10.2. The van der Waals surface area contributed by atoms with Crippen molar-refractivity contribution in [2.45, 2.75) is 11.8 Å². The first kappa shape index (κ1) is 12.1. The fourth-order valence-corrected chi connectivity index (χ4v) is 1.37. The molecule has 0 aromatic heterocycles. The number of hydrogen-bond donors (Lipinski definition) is 0. The molecule has 1 aromatic rings. The van der Waals surface area contributed by atoms with Gasteiger partial charge in [0.25, 0.3) is 0 Å². The molecule has 0 bridgehead atoms. The van der Waals surface area contributed by atoms with Crippen molar-refractivity contribution in [3.05, 3.63) is 28.8 Å². The highest BCUT2D eigenvalue weighted by Gasteiger charge is 2.08. The Hall–Kier alpha value is 0.0500. The van der Waals surface area contributed by atoms with Gasteiger partial charge in [-0.25, -0.2) is 4.99 Å². The Kier molecular flexibility index (Phi) is 4.52. The molecule has 0 radical (unpaired) electrons. The Labute approximate surface area is 103 Å². The lowest BCUT2D eigenvalue weighted by Crippen LogP contribution is -1.98. The van der Waals surface area contributed by atoms with Crippen LogP contribution in [-0.4, -0.2) is 10.0 Å². The molecule has 0 aliphatic heterocycles. The summed E-state index contributed by atoms with van der Waals surface area (Å²) < 4.78 is 0. The molecule has 0 amide bonds. The second-order valence-electron chi connectivity index (χ2n) is 2.64.